The molecule has 3 nitrogen and oxygen atoms in total. The maximum absolute atomic E-state index is 5.71. The molecule has 0 aliphatic carbocycles. The van der Waals surface area contributed by atoms with Crippen LogP contribution < -0.4 is 10.5 Å². The molecule has 18 heavy (non-hydrogen) atoms. The van der Waals surface area contributed by atoms with E-state index in [1.54, 1.807) is 18.3 Å². The second-order valence-corrected chi connectivity index (χ2v) is 4.29. The average Bonchev–Trinajstić information content (AvgIpc) is 2.39. The van der Waals surface area contributed by atoms with Gasteiger partial charge in [0.1, 0.15) is 16.5 Å². The Morgan fingerprint density at radius 2 is 2.11 bits per heavy atom. The Morgan fingerprint density at radius 1 is 1.28 bits per heavy atom. The SMILES string of the molecule is CCc1cccc(Oc2ccc(C(N)=S)nc2)c1. The first-order valence-electron chi connectivity index (χ1n) is 5.71. The minimum Gasteiger partial charge on any atom is -0.456 e. The second-order valence-electron chi connectivity index (χ2n) is 3.85. The predicted molar refractivity (Wildman–Crippen MR) is 76.0 cm³/mol. The number of ether oxygens (including phenoxy) is 1. The van der Waals surface area contributed by atoms with Gasteiger partial charge in [0.2, 0.25) is 0 Å². The fourth-order valence-corrected chi connectivity index (χ4v) is 1.67. The molecule has 92 valence electrons. The van der Waals surface area contributed by atoms with Crippen molar-refractivity contribution < 1.29 is 4.74 Å². The normalized spacial score (nSPS) is 10.1. The Morgan fingerprint density at radius 3 is 2.72 bits per heavy atom. The zero-order chi connectivity index (χ0) is 13.0. The van der Waals surface area contributed by atoms with Crippen molar-refractivity contribution in [1.82, 2.24) is 4.98 Å². The van der Waals surface area contributed by atoms with Crippen molar-refractivity contribution in [3.05, 3.63) is 53.9 Å². The maximum atomic E-state index is 5.71. The molecular weight excluding hydrogens is 244 g/mol. The monoisotopic (exact) mass is 258 g/mol. The molecule has 1 aromatic carbocycles. The van der Waals surface area contributed by atoms with Crippen LogP contribution in [-0.4, -0.2) is 9.97 Å². The van der Waals surface area contributed by atoms with Gasteiger partial charge in [-0.05, 0) is 36.2 Å². The highest BCUT2D eigenvalue weighted by Crippen LogP contribution is 2.21. The van der Waals surface area contributed by atoms with Gasteiger partial charge in [-0.25, -0.2) is 4.98 Å². The molecule has 2 rings (SSSR count). The van der Waals surface area contributed by atoms with E-state index in [0.29, 0.717) is 11.4 Å². The highest BCUT2D eigenvalue weighted by Gasteiger charge is 2.01. The Bertz CT molecular complexity index is 552. The molecule has 4 heteroatoms. The molecule has 0 unspecified atom stereocenters. The fourth-order valence-electron chi connectivity index (χ4n) is 1.55. The smallest absolute Gasteiger partial charge is 0.145 e. The highest BCUT2D eigenvalue weighted by molar-refractivity contribution is 7.80. The summed E-state index contributed by atoms with van der Waals surface area (Å²) >= 11 is 4.84. The lowest BCUT2D eigenvalue weighted by Gasteiger charge is -2.07. The molecule has 0 aliphatic rings. The summed E-state index contributed by atoms with van der Waals surface area (Å²) in [6, 6.07) is 11.5. The molecule has 0 atom stereocenters. The van der Waals surface area contributed by atoms with E-state index >= 15 is 0 Å². The summed E-state index contributed by atoms with van der Waals surface area (Å²) in [5.74, 6) is 1.47. The molecule has 0 aliphatic heterocycles. The third kappa shape index (κ3) is 3.05. The maximum Gasteiger partial charge on any atom is 0.145 e. The summed E-state index contributed by atoms with van der Waals surface area (Å²) in [7, 11) is 0. The molecule has 0 amide bonds. The summed E-state index contributed by atoms with van der Waals surface area (Å²) in [4.78, 5) is 4.41. The number of aryl methyl sites for hydroxylation is 1. The number of aromatic nitrogens is 1. The Hall–Kier alpha value is -1.94. The van der Waals surface area contributed by atoms with Crippen LogP contribution in [0.25, 0.3) is 0 Å². The van der Waals surface area contributed by atoms with Crippen LogP contribution in [0.15, 0.2) is 42.6 Å². The van der Waals surface area contributed by atoms with E-state index in [0.717, 1.165) is 12.2 Å². The number of hydrogen-bond donors (Lipinski definition) is 1. The third-order valence-corrected chi connectivity index (χ3v) is 2.74. The van der Waals surface area contributed by atoms with E-state index in [4.69, 9.17) is 22.7 Å². The molecule has 2 aromatic rings. The molecule has 0 radical (unpaired) electrons. The predicted octanol–water partition coefficient (Wildman–Crippen LogP) is 3.07. The molecule has 0 saturated heterocycles. The fraction of sp³-hybridized carbons (Fsp3) is 0.143. The van der Waals surface area contributed by atoms with Crippen molar-refractivity contribution in [2.75, 3.05) is 0 Å². The molecule has 2 N–H and O–H groups in total. The molecule has 0 bridgehead atoms. The molecule has 0 spiro atoms. The van der Waals surface area contributed by atoms with Crippen molar-refractivity contribution in [2.24, 2.45) is 5.73 Å². The van der Waals surface area contributed by atoms with E-state index in [9.17, 15) is 0 Å². The van der Waals surface area contributed by atoms with Gasteiger partial charge in [0.05, 0.1) is 11.9 Å². The first-order chi connectivity index (χ1) is 8.69. The van der Waals surface area contributed by atoms with Gasteiger partial charge < -0.3 is 10.5 Å². The van der Waals surface area contributed by atoms with Gasteiger partial charge in [0, 0.05) is 0 Å². The minimum absolute atomic E-state index is 0.287. The third-order valence-electron chi connectivity index (χ3n) is 2.53. The van der Waals surface area contributed by atoms with Gasteiger partial charge in [0.15, 0.2) is 0 Å². The van der Waals surface area contributed by atoms with E-state index in [2.05, 4.69) is 18.0 Å². The number of thiocarbonyl (C=S) groups is 1. The second kappa shape index (κ2) is 5.60. The van der Waals surface area contributed by atoms with Gasteiger partial charge in [-0.3, -0.25) is 0 Å². The van der Waals surface area contributed by atoms with E-state index in [1.165, 1.54) is 5.56 Å². The number of pyridine rings is 1. The largest absolute Gasteiger partial charge is 0.456 e. The number of nitrogens with two attached hydrogens (primary N) is 1. The van der Waals surface area contributed by atoms with E-state index in [1.807, 2.05) is 18.2 Å². The summed E-state index contributed by atoms with van der Waals surface area (Å²) in [6.07, 6.45) is 2.60. The van der Waals surface area contributed by atoms with E-state index < -0.39 is 0 Å². The van der Waals surface area contributed by atoms with Crippen molar-refractivity contribution in [3.8, 4) is 11.5 Å². The van der Waals surface area contributed by atoms with Crippen LogP contribution in [-0.2, 0) is 6.42 Å². The zero-order valence-corrected chi connectivity index (χ0v) is 10.9. The lowest BCUT2D eigenvalue weighted by Crippen LogP contribution is -2.10. The van der Waals surface area contributed by atoms with Crippen molar-refractivity contribution in [2.45, 2.75) is 13.3 Å². The summed E-state index contributed by atoms with van der Waals surface area (Å²) in [5.41, 5.74) is 7.32. The van der Waals surface area contributed by atoms with E-state index in [-0.39, 0.29) is 4.99 Å². The van der Waals surface area contributed by atoms with Crippen molar-refractivity contribution >= 4 is 17.2 Å². The van der Waals surface area contributed by atoms with Crippen molar-refractivity contribution in [3.63, 3.8) is 0 Å². The van der Waals surface area contributed by atoms with Crippen LogP contribution in [0.1, 0.15) is 18.2 Å². The molecular formula is C14H14N2OS. The Balaban J connectivity index is 2.15. The minimum atomic E-state index is 0.287. The van der Waals surface area contributed by atoms with Gasteiger partial charge in [0.25, 0.3) is 0 Å². The lowest BCUT2D eigenvalue weighted by molar-refractivity contribution is 0.479. The number of hydrogen-bond acceptors (Lipinski definition) is 3. The molecule has 1 heterocycles. The van der Waals surface area contributed by atoms with Crippen LogP contribution >= 0.6 is 12.2 Å². The molecule has 0 saturated carbocycles. The van der Waals surface area contributed by atoms with Crippen LogP contribution in [0.2, 0.25) is 0 Å². The standard InChI is InChI=1S/C14H14N2OS/c1-2-10-4-3-5-11(8-10)17-12-6-7-13(14(15)18)16-9-12/h3-9H,2H2,1H3,(H2,15,18). The van der Waals surface area contributed by atoms with Crippen LogP contribution in [0.5, 0.6) is 11.5 Å². The summed E-state index contributed by atoms with van der Waals surface area (Å²) < 4.78 is 5.71. The van der Waals surface area contributed by atoms with Gasteiger partial charge in [-0.1, -0.05) is 31.3 Å². The Kier molecular flexibility index (Phi) is 3.89. The van der Waals surface area contributed by atoms with Gasteiger partial charge in [-0.15, -0.1) is 0 Å². The number of nitrogens with zero attached hydrogens (tertiary/aromatic N) is 1. The number of benzene rings is 1. The van der Waals surface area contributed by atoms with Gasteiger partial charge >= 0.3 is 0 Å². The van der Waals surface area contributed by atoms with Crippen LogP contribution in [0, 0.1) is 0 Å². The quantitative estimate of drug-likeness (QED) is 0.856. The van der Waals surface area contributed by atoms with Crippen LogP contribution in [0.4, 0.5) is 0 Å². The van der Waals surface area contributed by atoms with Crippen molar-refractivity contribution in [1.29, 1.82) is 0 Å². The number of rotatable bonds is 4. The topological polar surface area (TPSA) is 48.1 Å². The van der Waals surface area contributed by atoms with Crippen LogP contribution in [0.3, 0.4) is 0 Å². The molecule has 1 aromatic heterocycles. The zero-order valence-electron chi connectivity index (χ0n) is 10.1. The first kappa shape index (κ1) is 12.5. The molecule has 0 fully saturated rings. The first-order valence-corrected chi connectivity index (χ1v) is 6.12. The van der Waals surface area contributed by atoms with Gasteiger partial charge in [-0.2, -0.15) is 0 Å². The lowest BCUT2D eigenvalue weighted by atomic mass is 10.2. The summed E-state index contributed by atoms with van der Waals surface area (Å²) in [5, 5.41) is 0. The highest BCUT2D eigenvalue weighted by atomic mass is 32.1. The Labute approximate surface area is 112 Å². The average molecular weight is 258 g/mol. The summed E-state index contributed by atoms with van der Waals surface area (Å²) in [6.45, 7) is 2.11.